The van der Waals surface area contributed by atoms with Gasteiger partial charge in [0, 0.05) is 4.48 Å². The minimum atomic E-state index is -0.682. The molecule has 0 radical (unpaired) electrons. The SMILES string of the molecule is CCOC(=O)N1c2ccccc2C=C(Br)C1C#N. The molecule has 1 aliphatic rings. The highest BCUT2D eigenvalue weighted by Gasteiger charge is 2.33. The maximum absolute atomic E-state index is 12.0. The molecule has 0 aromatic heterocycles. The summed E-state index contributed by atoms with van der Waals surface area (Å²) in [4.78, 5) is 13.3. The first kappa shape index (κ1) is 12.7. The van der Waals surface area contributed by atoms with Gasteiger partial charge in [0.05, 0.1) is 18.4 Å². The number of ether oxygens (including phenoxy) is 1. The number of halogens is 1. The summed E-state index contributed by atoms with van der Waals surface area (Å²) in [5, 5.41) is 9.20. The zero-order chi connectivity index (χ0) is 13.1. The molecular weight excluding hydrogens is 296 g/mol. The zero-order valence-corrected chi connectivity index (χ0v) is 11.3. The van der Waals surface area contributed by atoms with E-state index in [2.05, 4.69) is 22.0 Å². The van der Waals surface area contributed by atoms with Crippen molar-refractivity contribution >= 4 is 33.8 Å². The fraction of sp³-hybridized carbons (Fsp3) is 0.231. The van der Waals surface area contributed by atoms with Crippen LogP contribution < -0.4 is 4.90 Å². The first-order chi connectivity index (χ1) is 8.69. The highest BCUT2D eigenvalue weighted by atomic mass is 79.9. The van der Waals surface area contributed by atoms with Crippen molar-refractivity contribution in [2.24, 2.45) is 0 Å². The van der Waals surface area contributed by atoms with Gasteiger partial charge < -0.3 is 4.74 Å². The number of para-hydroxylation sites is 1. The van der Waals surface area contributed by atoms with Crippen molar-refractivity contribution in [3.8, 4) is 6.07 Å². The summed E-state index contributed by atoms with van der Waals surface area (Å²) in [5.74, 6) is 0. The Kier molecular flexibility index (Phi) is 3.68. The number of carbonyl (C=O) groups is 1. The Morgan fingerprint density at radius 3 is 2.94 bits per heavy atom. The van der Waals surface area contributed by atoms with Gasteiger partial charge in [-0.1, -0.05) is 34.1 Å². The molecule has 92 valence electrons. The average molecular weight is 307 g/mol. The van der Waals surface area contributed by atoms with Gasteiger partial charge in [-0.3, -0.25) is 4.90 Å². The molecule has 0 fully saturated rings. The third-order valence-electron chi connectivity index (χ3n) is 2.60. The topological polar surface area (TPSA) is 53.3 Å². The van der Waals surface area contributed by atoms with Crippen molar-refractivity contribution in [3.05, 3.63) is 34.3 Å². The number of amides is 1. The fourth-order valence-electron chi connectivity index (χ4n) is 1.84. The van der Waals surface area contributed by atoms with Gasteiger partial charge in [-0.2, -0.15) is 5.26 Å². The van der Waals surface area contributed by atoms with E-state index in [1.54, 1.807) is 13.0 Å². The highest BCUT2D eigenvalue weighted by Crippen LogP contribution is 2.35. The molecule has 1 amide bonds. The third kappa shape index (κ3) is 2.12. The monoisotopic (exact) mass is 306 g/mol. The molecule has 1 unspecified atom stereocenters. The molecule has 0 spiro atoms. The molecule has 1 aromatic carbocycles. The number of carbonyl (C=O) groups excluding carboxylic acids is 1. The Labute approximate surface area is 114 Å². The molecule has 18 heavy (non-hydrogen) atoms. The number of rotatable bonds is 1. The maximum atomic E-state index is 12.0. The predicted octanol–water partition coefficient (Wildman–Crippen LogP) is 3.29. The van der Waals surface area contributed by atoms with E-state index in [4.69, 9.17) is 4.74 Å². The minimum absolute atomic E-state index is 0.275. The van der Waals surface area contributed by atoms with Crippen molar-refractivity contribution in [2.75, 3.05) is 11.5 Å². The van der Waals surface area contributed by atoms with Crippen LogP contribution in [0.25, 0.3) is 6.08 Å². The third-order valence-corrected chi connectivity index (χ3v) is 3.26. The van der Waals surface area contributed by atoms with Crippen molar-refractivity contribution in [1.29, 1.82) is 5.26 Å². The summed E-state index contributed by atoms with van der Waals surface area (Å²) in [7, 11) is 0. The quantitative estimate of drug-likeness (QED) is 0.800. The molecular formula is C13H11BrN2O2. The number of nitrogens with zero attached hydrogens (tertiary/aromatic N) is 2. The Morgan fingerprint density at radius 1 is 1.56 bits per heavy atom. The number of hydrogen-bond donors (Lipinski definition) is 0. The summed E-state index contributed by atoms with van der Waals surface area (Å²) in [6.07, 6.45) is 1.33. The van der Waals surface area contributed by atoms with E-state index in [0.717, 1.165) is 5.56 Å². The van der Waals surface area contributed by atoms with Gasteiger partial charge in [-0.15, -0.1) is 0 Å². The molecule has 0 aliphatic carbocycles. The number of anilines is 1. The predicted molar refractivity (Wildman–Crippen MR) is 72.2 cm³/mol. The fourth-order valence-corrected chi connectivity index (χ4v) is 2.39. The van der Waals surface area contributed by atoms with E-state index in [1.165, 1.54) is 4.90 Å². The summed E-state index contributed by atoms with van der Waals surface area (Å²) in [5.41, 5.74) is 1.56. The van der Waals surface area contributed by atoms with E-state index in [9.17, 15) is 10.1 Å². The average Bonchev–Trinajstić information content (AvgIpc) is 2.37. The second-order valence-electron chi connectivity index (χ2n) is 3.69. The van der Waals surface area contributed by atoms with Crippen molar-refractivity contribution in [3.63, 3.8) is 0 Å². The van der Waals surface area contributed by atoms with Crippen LogP contribution in [0.3, 0.4) is 0 Å². The lowest BCUT2D eigenvalue weighted by Crippen LogP contribution is -2.42. The van der Waals surface area contributed by atoms with Gasteiger partial charge in [0.1, 0.15) is 0 Å². The van der Waals surface area contributed by atoms with Crippen LogP contribution in [0.15, 0.2) is 28.7 Å². The van der Waals surface area contributed by atoms with Gasteiger partial charge in [0.25, 0.3) is 0 Å². The molecule has 0 N–H and O–H groups in total. The number of fused-ring (bicyclic) bond motifs is 1. The number of nitriles is 1. The van der Waals surface area contributed by atoms with Gasteiger partial charge in [-0.25, -0.2) is 4.79 Å². The first-order valence-corrected chi connectivity index (χ1v) is 6.30. The lowest BCUT2D eigenvalue weighted by Gasteiger charge is -2.31. The van der Waals surface area contributed by atoms with Crippen LogP contribution in [0.4, 0.5) is 10.5 Å². The molecule has 0 saturated carbocycles. The summed E-state index contributed by atoms with van der Waals surface area (Å²) < 4.78 is 5.66. The van der Waals surface area contributed by atoms with Crippen LogP contribution in [0.2, 0.25) is 0 Å². The van der Waals surface area contributed by atoms with Crippen LogP contribution in [0.1, 0.15) is 12.5 Å². The van der Waals surface area contributed by atoms with E-state index >= 15 is 0 Å². The van der Waals surface area contributed by atoms with E-state index in [1.807, 2.05) is 24.3 Å². The molecule has 1 heterocycles. The van der Waals surface area contributed by atoms with E-state index < -0.39 is 12.1 Å². The second-order valence-corrected chi connectivity index (χ2v) is 4.60. The molecule has 4 nitrogen and oxygen atoms in total. The van der Waals surface area contributed by atoms with Crippen LogP contribution >= 0.6 is 15.9 Å². The number of hydrogen-bond acceptors (Lipinski definition) is 3. The second kappa shape index (κ2) is 5.23. The standard InChI is InChI=1S/C13H11BrN2O2/c1-2-18-13(17)16-11-6-4-3-5-9(11)7-10(14)12(16)8-15/h3-7,12H,2H2,1H3. The molecule has 0 bridgehead atoms. The van der Waals surface area contributed by atoms with Crippen molar-refractivity contribution in [2.45, 2.75) is 13.0 Å². The smallest absolute Gasteiger partial charge is 0.415 e. The summed E-state index contributed by atoms with van der Waals surface area (Å²) >= 11 is 3.33. The van der Waals surface area contributed by atoms with Gasteiger partial charge in [0.15, 0.2) is 6.04 Å². The molecule has 1 aromatic rings. The van der Waals surface area contributed by atoms with E-state index in [0.29, 0.717) is 10.2 Å². The lowest BCUT2D eigenvalue weighted by atomic mass is 10.0. The van der Waals surface area contributed by atoms with Crippen molar-refractivity contribution < 1.29 is 9.53 Å². The zero-order valence-electron chi connectivity index (χ0n) is 9.76. The van der Waals surface area contributed by atoms with Crippen LogP contribution in [-0.2, 0) is 4.74 Å². The molecule has 1 atom stereocenters. The minimum Gasteiger partial charge on any atom is -0.449 e. The van der Waals surface area contributed by atoms with Crippen LogP contribution in [0.5, 0.6) is 0 Å². The van der Waals surface area contributed by atoms with Crippen molar-refractivity contribution in [1.82, 2.24) is 0 Å². The number of benzene rings is 1. The Hall–Kier alpha value is -1.80. The Balaban J connectivity index is 2.51. The van der Waals surface area contributed by atoms with Gasteiger partial charge >= 0.3 is 6.09 Å². The molecule has 1 aliphatic heterocycles. The molecule has 0 saturated heterocycles. The molecule has 5 heteroatoms. The summed E-state index contributed by atoms with van der Waals surface area (Å²) in [6, 6.07) is 8.80. The highest BCUT2D eigenvalue weighted by molar-refractivity contribution is 9.11. The maximum Gasteiger partial charge on any atom is 0.415 e. The normalized spacial score (nSPS) is 17.5. The summed E-state index contributed by atoms with van der Waals surface area (Å²) in [6.45, 7) is 2.01. The molecule has 2 rings (SSSR count). The first-order valence-electron chi connectivity index (χ1n) is 5.50. The largest absolute Gasteiger partial charge is 0.449 e. The Morgan fingerprint density at radius 2 is 2.28 bits per heavy atom. The van der Waals surface area contributed by atoms with Crippen LogP contribution in [0, 0.1) is 11.3 Å². The van der Waals surface area contributed by atoms with Gasteiger partial charge in [0.2, 0.25) is 0 Å². The lowest BCUT2D eigenvalue weighted by molar-refractivity contribution is 0.159. The van der Waals surface area contributed by atoms with E-state index in [-0.39, 0.29) is 6.61 Å². The Bertz CT molecular complexity index is 548. The van der Waals surface area contributed by atoms with Gasteiger partial charge in [-0.05, 0) is 24.6 Å². The van der Waals surface area contributed by atoms with Crippen LogP contribution in [-0.4, -0.2) is 18.7 Å².